The van der Waals surface area contributed by atoms with Crippen LogP contribution in [0.3, 0.4) is 0 Å². The minimum Gasteiger partial charge on any atom is -0.484 e. The molecule has 1 amide bonds. The third-order valence-corrected chi connectivity index (χ3v) is 4.46. The van der Waals surface area contributed by atoms with Crippen molar-refractivity contribution in [3.63, 3.8) is 0 Å². The predicted octanol–water partition coefficient (Wildman–Crippen LogP) is 4.67. The largest absolute Gasteiger partial charge is 0.484 e. The number of benzene rings is 1. The molecule has 2 atom stereocenters. The second-order valence-corrected chi connectivity index (χ2v) is 6.40. The summed E-state index contributed by atoms with van der Waals surface area (Å²) in [4.78, 5) is 16.2. The van der Waals surface area contributed by atoms with Crippen molar-refractivity contribution in [2.45, 2.75) is 38.1 Å². The number of nitrogens with one attached hydrogen (secondary N) is 1. The Morgan fingerprint density at radius 2 is 1.93 bits per heavy atom. The van der Waals surface area contributed by atoms with Crippen LogP contribution in [-0.2, 0) is 11.0 Å². The molecule has 1 aromatic carbocycles. The molecule has 4 nitrogen and oxygen atoms in total. The summed E-state index contributed by atoms with van der Waals surface area (Å²) in [6.45, 7) is 5.31. The van der Waals surface area contributed by atoms with Crippen molar-refractivity contribution in [2.24, 2.45) is 0 Å². The lowest BCUT2D eigenvalue weighted by molar-refractivity contribution is -0.137. The van der Waals surface area contributed by atoms with E-state index in [9.17, 15) is 18.0 Å². The summed E-state index contributed by atoms with van der Waals surface area (Å²) in [7, 11) is 0. The third kappa shape index (κ3) is 4.30. The smallest absolute Gasteiger partial charge is 0.416 e. The van der Waals surface area contributed by atoms with Crippen molar-refractivity contribution >= 4 is 5.91 Å². The number of carbonyl (C=O) groups is 1. The molecular formula is C20H19F3N2O2. The molecule has 2 unspecified atom stereocenters. The Morgan fingerprint density at radius 1 is 1.22 bits per heavy atom. The van der Waals surface area contributed by atoms with Crippen molar-refractivity contribution in [1.29, 1.82) is 0 Å². The highest BCUT2D eigenvalue weighted by Crippen LogP contribution is 2.38. The van der Waals surface area contributed by atoms with Crippen molar-refractivity contribution in [3.8, 4) is 5.75 Å². The second kappa shape index (κ2) is 7.42. The lowest BCUT2D eigenvalue weighted by Gasteiger charge is -2.31. The summed E-state index contributed by atoms with van der Waals surface area (Å²) in [6, 6.07) is 8.16. The summed E-state index contributed by atoms with van der Waals surface area (Å²) in [5, 5.41) is 2.88. The first-order valence-corrected chi connectivity index (χ1v) is 8.52. The fraction of sp³-hybridized carbons (Fsp3) is 0.300. The van der Waals surface area contributed by atoms with E-state index in [0.29, 0.717) is 24.3 Å². The second-order valence-electron chi connectivity index (χ2n) is 6.40. The number of rotatable bonds is 4. The Kier molecular flexibility index (Phi) is 5.21. The molecule has 3 rings (SSSR count). The number of ether oxygens (including phenoxy) is 1. The standard InChI is InChI=1S/C20H19F3N2O2/c1-3-18(26)25-16-10-11-17(19-15(16)9-4-12(2)24-19)27-14-7-5-13(6-8-14)20(21,22)23/h3-9,16-17H,1,10-11H2,2H3,(H,25,26). The normalized spacial score (nSPS) is 19.1. The Morgan fingerprint density at radius 3 is 2.56 bits per heavy atom. The van der Waals surface area contributed by atoms with Crippen LogP contribution in [0.4, 0.5) is 13.2 Å². The van der Waals surface area contributed by atoms with E-state index in [-0.39, 0.29) is 11.9 Å². The molecule has 1 aromatic heterocycles. The number of fused-ring (bicyclic) bond motifs is 1. The molecule has 142 valence electrons. The van der Waals surface area contributed by atoms with Crippen LogP contribution in [0.1, 0.15) is 47.5 Å². The Bertz CT molecular complexity index is 847. The molecule has 0 saturated heterocycles. The van der Waals surface area contributed by atoms with Crippen molar-refractivity contribution in [1.82, 2.24) is 10.3 Å². The minimum absolute atomic E-state index is 0.203. The molecule has 0 radical (unpaired) electrons. The van der Waals surface area contributed by atoms with Gasteiger partial charge in [-0.25, -0.2) is 0 Å². The van der Waals surface area contributed by atoms with Crippen LogP contribution < -0.4 is 10.1 Å². The molecule has 0 bridgehead atoms. The van der Waals surface area contributed by atoms with E-state index in [0.717, 1.165) is 23.4 Å². The highest BCUT2D eigenvalue weighted by atomic mass is 19.4. The van der Waals surface area contributed by atoms with Crippen molar-refractivity contribution in [2.75, 3.05) is 0 Å². The zero-order valence-corrected chi connectivity index (χ0v) is 14.7. The number of hydrogen-bond donors (Lipinski definition) is 1. The number of aromatic nitrogens is 1. The molecule has 0 saturated carbocycles. The first-order valence-electron chi connectivity index (χ1n) is 8.52. The van der Waals surface area contributed by atoms with E-state index in [4.69, 9.17) is 4.74 Å². The van der Waals surface area contributed by atoms with E-state index in [1.807, 2.05) is 19.1 Å². The number of nitrogens with zero attached hydrogens (tertiary/aromatic N) is 1. The van der Waals surface area contributed by atoms with Gasteiger partial charge in [0.25, 0.3) is 0 Å². The molecule has 1 heterocycles. The third-order valence-electron chi connectivity index (χ3n) is 4.46. The maximum atomic E-state index is 12.7. The van der Waals surface area contributed by atoms with Gasteiger partial charge in [0.2, 0.25) is 5.91 Å². The SMILES string of the molecule is C=CC(=O)NC1CCC(Oc2ccc(C(F)(F)F)cc2)c2nc(C)ccc21. The average molecular weight is 376 g/mol. The molecule has 1 N–H and O–H groups in total. The van der Waals surface area contributed by atoms with Crippen LogP contribution in [0, 0.1) is 6.92 Å². The lowest BCUT2D eigenvalue weighted by Crippen LogP contribution is -2.32. The van der Waals surface area contributed by atoms with Gasteiger partial charge in [-0.3, -0.25) is 9.78 Å². The monoisotopic (exact) mass is 376 g/mol. The van der Waals surface area contributed by atoms with Crippen LogP contribution in [0.15, 0.2) is 49.1 Å². The first kappa shape index (κ1) is 18.9. The summed E-state index contributed by atoms with van der Waals surface area (Å²) in [5.41, 5.74) is 1.61. The molecule has 2 aromatic rings. The molecule has 1 aliphatic rings. The summed E-state index contributed by atoms with van der Waals surface area (Å²) >= 11 is 0. The molecule has 0 fully saturated rings. The van der Waals surface area contributed by atoms with Crippen LogP contribution in [-0.4, -0.2) is 10.9 Å². The van der Waals surface area contributed by atoms with Gasteiger partial charge in [-0.05, 0) is 61.7 Å². The lowest BCUT2D eigenvalue weighted by atomic mass is 9.88. The summed E-state index contributed by atoms with van der Waals surface area (Å²) < 4.78 is 44.0. The molecule has 1 aliphatic carbocycles. The summed E-state index contributed by atoms with van der Waals surface area (Å²) in [5.74, 6) is 0.0736. The van der Waals surface area contributed by atoms with Gasteiger partial charge in [-0.1, -0.05) is 12.6 Å². The van der Waals surface area contributed by atoms with Crippen molar-refractivity contribution < 1.29 is 22.7 Å². The molecule has 27 heavy (non-hydrogen) atoms. The number of alkyl halides is 3. The number of amides is 1. The number of halogens is 3. The fourth-order valence-electron chi connectivity index (χ4n) is 3.13. The number of aryl methyl sites for hydroxylation is 1. The fourth-order valence-corrected chi connectivity index (χ4v) is 3.13. The van der Waals surface area contributed by atoms with E-state index < -0.39 is 17.8 Å². The van der Waals surface area contributed by atoms with Gasteiger partial charge in [0, 0.05) is 5.69 Å². The van der Waals surface area contributed by atoms with Crippen molar-refractivity contribution in [3.05, 3.63) is 71.6 Å². The van der Waals surface area contributed by atoms with Gasteiger partial charge in [0.1, 0.15) is 11.9 Å². The average Bonchev–Trinajstić information content (AvgIpc) is 2.63. The highest BCUT2D eigenvalue weighted by Gasteiger charge is 2.32. The minimum atomic E-state index is -4.38. The van der Waals surface area contributed by atoms with E-state index in [1.165, 1.54) is 18.2 Å². The zero-order chi connectivity index (χ0) is 19.6. The van der Waals surface area contributed by atoms with Crippen LogP contribution in [0.25, 0.3) is 0 Å². The van der Waals surface area contributed by atoms with Gasteiger partial charge < -0.3 is 10.1 Å². The van der Waals surface area contributed by atoms with E-state index in [1.54, 1.807) is 0 Å². The topological polar surface area (TPSA) is 51.2 Å². The quantitative estimate of drug-likeness (QED) is 0.790. The zero-order valence-electron chi connectivity index (χ0n) is 14.7. The molecule has 7 heteroatoms. The Labute approximate surface area is 155 Å². The maximum absolute atomic E-state index is 12.7. The van der Waals surface area contributed by atoms with Gasteiger partial charge in [0.05, 0.1) is 17.3 Å². The van der Waals surface area contributed by atoms with Gasteiger partial charge in [0.15, 0.2) is 0 Å². The number of pyridine rings is 1. The summed E-state index contributed by atoms with van der Waals surface area (Å²) in [6.07, 6.45) is -2.36. The Balaban J connectivity index is 1.84. The number of hydrogen-bond acceptors (Lipinski definition) is 3. The maximum Gasteiger partial charge on any atom is 0.416 e. The Hall–Kier alpha value is -2.83. The molecular weight excluding hydrogens is 357 g/mol. The van der Waals surface area contributed by atoms with Gasteiger partial charge >= 0.3 is 6.18 Å². The van der Waals surface area contributed by atoms with Crippen LogP contribution in [0.2, 0.25) is 0 Å². The van der Waals surface area contributed by atoms with Gasteiger partial charge in [-0.15, -0.1) is 0 Å². The van der Waals surface area contributed by atoms with E-state index >= 15 is 0 Å². The predicted molar refractivity (Wildman–Crippen MR) is 94.1 cm³/mol. The van der Waals surface area contributed by atoms with E-state index in [2.05, 4.69) is 16.9 Å². The van der Waals surface area contributed by atoms with Gasteiger partial charge in [-0.2, -0.15) is 13.2 Å². The van der Waals surface area contributed by atoms with Crippen LogP contribution >= 0.6 is 0 Å². The molecule has 0 spiro atoms. The number of carbonyl (C=O) groups excluding carboxylic acids is 1. The first-order chi connectivity index (χ1) is 12.8. The van der Waals surface area contributed by atoms with Crippen LogP contribution in [0.5, 0.6) is 5.75 Å². The highest BCUT2D eigenvalue weighted by molar-refractivity contribution is 5.87. The molecule has 0 aliphatic heterocycles.